The second-order valence-corrected chi connectivity index (χ2v) is 10.7. The van der Waals surface area contributed by atoms with E-state index in [1.807, 2.05) is 0 Å². The average Bonchev–Trinajstić information content (AvgIpc) is 2.40. The van der Waals surface area contributed by atoms with Crippen molar-refractivity contribution < 1.29 is 0 Å². The maximum atomic E-state index is 8.68. The van der Waals surface area contributed by atoms with Crippen molar-refractivity contribution in [1.82, 2.24) is 0 Å². The van der Waals surface area contributed by atoms with Crippen LogP contribution in [0.3, 0.4) is 0 Å². The van der Waals surface area contributed by atoms with Crippen LogP contribution in [-0.4, -0.2) is 31.2 Å². The van der Waals surface area contributed by atoms with E-state index in [0.29, 0.717) is 25.8 Å². The predicted octanol–water partition coefficient (Wildman–Crippen LogP) is 3.53. The van der Waals surface area contributed by atoms with Crippen molar-refractivity contribution in [2.45, 2.75) is 19.3 Å². The Morgan fingerprint density at radius 1 is 0.778 bits per heavy atom. The monoisotopic (exact) mass is 278 g/mol. The Balaban J connectivity index is 4.50. The number of rotatable bonds is 9. The molecule has 0 saturated heterocycles. The molecule has 0 amide bonds. The molecule has 0 spiro atoms. The zero-order valence-electron chi connectivity index (χ0n) is 10.3. The minimum atomic E-state index is -0.334. The second-order valence-electron chi connectivity index (χ2n) is 3.51. The van der Waals surface area contributed by atoms with E-state index in [2.05, 4.69) is 23.1 Å². The van der Waals surface area contributed by atoms with Crippen molar-refractivity contribution in [3.8, 4) is 18.2 Å². The Morgan fingerprint density at radius 3 is 1.50 bits per heavy atom. The molecule has 0 aliphatic heterocycles. The molecular formula is C12H16N4P2. The van der Waals surface area contributed by atoms with E-state index in [1.165, 1.54) is 0 Å². The first kappa shape index (κ1) is 16.8. The third-order valence-corrected chi connectivity index (χ3v) is 10.9. The minimum absolute atomic E-state index is 0.333. The molecular weight excluding hydrogens is 262 g/mol. The molecule has 18 heavy (non-hydrogen) atoms. The summed E-state index contributed by atoms with van der Waals surface area (Å²) in [6, 6.07) is 6.48. The zero-order chi connectivity index (χ0) is 13.6. The number of hydrogen-bond acceptors (Lipinski definition) is 3. The van der Waals surface area contributed by atoms with Gasteiger partial charge in [0.15, 0.2) is 0 Å². The molecule has 0 fully saturated rings. The molecule has 0 aromatic carbocycles. The molecule has 0 aromatic rings. The average molecular weight is 278 g/mol. The van der Waals surface area contributed by atoms with Gasteiger partial charge in [0.05, 0.1) is 18.2 Å². The van der Waals surface area contributed by atoms with Crippen LogP contribution in [0.5, 0.6) is 0 Å². The highest BCUT2D eigenvalue weighted by Crippen LogP contribution is 2.69. The highest BCUT2D eigenvalue weighted by molar-refractivity contribution is 8.29. The maximum Gasteiger partial charge on any atom is 0.218 e. The molecule has 1 atom stereocenters. The van der Waals surface area contributed by atoms with Crippen LogP contribution >= 0.6 is 15.2 Å². The summed E-state index contributed by atoms with van der Waals surface area (Å²) in [6.07, 6.45) is 5.04. The number of hydrogen-bond donors (Lipinski definition) is 0. The normalized spacial score (nSPS) is 10.9. The Morgan fingerprint density at radius 2 is 1.17 bits per heavy atom. The van der Waals surface area contributed by atoms with Gasteiger partial charge < -0.3 is 4.85 Å². The summed E-state index contributed by atoms with van der Waals surface area (Å²) < 4.78 is 0. The minimum Gasteiger partial charge on any atom is -0.317 e. The van der Waals surface area contributed by atoms with Gasteiger partial charge >= 0.3 is 0 Å². The van der Waals surface area contributed by atoms with Crippen LogP contribution in [0, 0.1) is 40.6 Å². The Labute approximate surface area is 111 Å². The van der Waals surface area contributed by atoms with Crippen molar-refractivity contribution in [3.05, 3.63) is 11.4 Å². The lowest BCUT2D eigenvalue weighted by atomic mass is 10.5. The fraction of sp³-hybridized carbons (Fsp3) is 0.667. The molecule has 0 heterocycles. The summed E-state index contributed by atoms with van der Waals surface area (Å²) in [5.41, 5.74) is 0. The molecule has 0 aliphatic rings. The summed E-state index contributed by atoms with van der Waals surface area (Å²) in [4.78, 5) is 3.39. The fourth-order valence-electron chi connectivity index (χ4n) is 1.49. The van der Waals surface area contributed by atoms with Gasteiger partial charge in [-0.15, -0.1) is 0 Å². The maximum absolute atomic E-state index is 8.68. The molecule has 0 aliphatic carbocycles. The highest BCUT2D eigenvalue weighted by Gasteiger charge is 2.20. The van der Waals surface area contributed by atoms with E-state index < -0.39 is 0 Å². The standard InChI is InChI=1S/C12H16N4P2/c1-16-8-12-18(11-4-7-15)17(9-2-5-13)10-3-6-14/h2-4,8-12H2. The lowest BCUT2D eigenvalue weighted by molar-refractivity contribution is 1.18. The SMILES string of the molecule is [C-]#[N+]CCP(CCC#N)P(CCC#N)CCC#N. The molecule has 94 valence electrons. The molecule has 0 aromatic heterocycles. The topological polar surface area (TPSA) is 75.7 Å². The van der Waals surface area contributed by atoms with Crippen LogP contribution in [0.2, 0.25) is 0 Å². The van der Waals surface area contributed by atoms with Gasteiger partial charge in [-0.3, -0.25) is 0 Å². The van der Waals surface area contributed by atoms with Gasteiger partial charge in [0.1, 0.15) is 0 Å². The number of nitrogens with zero attached hydrogens (tertiary/aromatic N) is 4. The van der Waals surface area contributed by atoms with Gasteiger partial charge in [-0.1, -0.05) is 15.2 Å². The van der Waals surface area contributed by atoms with Gasteiger partial charge in [0, 0.05) is 25.4 Å². The largest absolute Gasteiger partial charge is 0.317 e. The van der Waals surface area contributed by atoms with E-state index in [9.17, 15) is 0 Å². The van der Waals surface area contributed by atoms with Crippen molar-refractivity contribution >= 4 is 15.2 Å². The van der Waals surface area contributed by atoms with E-state index in [1.54, 1.807) is 0 Å². The Kier molecular flexibility index (Phi) is 11.5. The van der Waals surface area contributed by atoms with Crippen molar-refractivity contribution in [2.75, 3.05) is 31.2 Å². The lowest BCUT2D eigenvalue weighted by Crippen LogP contribution is -1.97. The number of nitriles is 3. The molecule has 0 saturated carbocycles. The summed E-state index contributed by atoms with van der Waals surface area (Å²) in [5.74, 6) is 0. The van der Waals surface area contributed by atoms with Gasteiger partial charge in [-0.05, 0) is 18.5 Å². The first-order chi connectivity index (χ1) is 8.79. The van der Waals surface area contributed by atoms with E-state index in [-0.39, 0.29) is 15.2 Å². The second kappa shape index (κ2) is 12.3. The summed E-state index contributed by atoms with van der Waals surface area (Å²) in [5, 5.41) is 26.0. The Bertz CT molecular complexity index is 309. The van der Waals surface area contributed by atoms with Crippen LogP contribution in [0.25, 0.3) is 4.85 Å². The van der Waals surface area contributed by atoms with Gasteiger partial charge in [-0.25, -0.2) is 6.57 Å². The quantitative estimate of drug-likeness (QED) is 0.478. The molecule has 0 bridgehead atoms. The van der Waals surface area contributed by atoms with Crippen LogP contribution in [0.1, 0.15) is 19.3 Å². The van der Waals surface area contributed by atoms with Crippen LogP contribution < -0.4 is 0 Å². The van der Waals surface area contributed by atoms with Crippen molar-refractivity contribution in [1.29, 1.82) is 15.8 Å². The van der Waals surface area contributed by atoms with Crippen molar-refractivity contribution in [3.63, 3.8) is 0 Å². The third-order valence-electron chi connectivity index (χ3n) is 2.32. The summed E-state index contributed by atoms with van der Waals surface area (Å²) in [7, 11) is -0.666. The summed E-state index contributed by atoms with van der Waals surface area (Å²) in [6.45, 7) is 7.37. The van der Waals surface area contributed by atoms with Crippen molar-refractivity contribution in [2.24, 2.45) is 0 Å². The molecule has 0 N–H and O–H groups in total. The first-order valence-corrected chi connectivity index (χ1v) is 9.87. The van der Waals surface area contributed by atoms with E-state index in [4.69, 9.17) is 22.4 Å². The van der Waals surface area contributed by atoms with Gasteiger partial charge in [0.2, 0.25) is 6.54 Å². The fourth-order valence-corrected chi connectivity index (χ4v) is 9.04. The molecule has 0 radical (unpaired) electrons. The zero-order valence-corrected chi connectivity index (χ0v) is 12.1. The van der Waals surface area contributed by atoms with Crippen LogP contribution in [0.15, 0.2) is 0 Å². The lowest BCUT2D eigenvalue weighted by Gasteiger charge is -2.25. The van der Waals surface area contributed by atoms with E-state index >= 15 is 0 Å². The molecule has 6 heteroatoms. The van der Waals surface area contributed by atoms with E-state index in [0.717, 1.165) is 24.6 Å². The third kappa shape index (κ3) is 7.99. The highest BCUT2D eigenvalue weighted by atomic mass is 32.1. The first-order valence-electron chi connectivity index (χ1n) is 5.74. The smallest absolute Gasteiger partial charge is 0.218 e. The van der Waals surface area contributed by atoms with Crippen LogP contribution in [-0.2, 0) is 0 Å². The predicted molar refractivity (Wildman–Crippen MR) is 75.5 cm³/mol. The van der Waals surface area contributed by atoms with Gasteiger partial charge in [0.25, 0.3) is 0 Å². The van der Waals surface area contributed by atoms with Crippen LogP contribution in [0.4, 0.5) is 0 Å². The molecule has 4 nitrogen and oxygen atoms in total. The summed E-state index contributed by atoms with van der Waals surface area (Å²) >= 11 is 0. The molecule has 1 unspecified atom stereocenters. The van der Waals surface area contributed by atoms with Gasteiger partial charge in [-0.2, -0.15) is 15.8 Å². The Hall–Kier alpha value is -1.18. The molecule has 0 rings (SSSR count).